The van der Waals surface area contributed by atoms with Gasteiger partial charge in [-0.05, 0) is 31.2 Å². The number of hydrogen-bond donors (Lipinski definition) is 1. The number of halogens is 1. The van der Waals surface area contributed by atoms with E-state index in [2.05, 4.69) is 49.5 Å². The van der Waals surface area contributed by atoms with Crippen LogP contribution in [0.3, 0.4) is 0 Å². The molecule has 0 unspecified atom stereocenters. The van der Waals surface area contributed by atoms with Crippen molar-refractivity contribution < 1.29 is 9.21 Å². The van der Waals surface area contributed by atoms with E-state index >= 15 is 0 Å². The molecule has 2 rings (SSSR count). The number of amides is 1. The van der Waals surface area contributed by atoms with E-state index in [1.807, 2.05) is 37.3 Å². The Morgan fingerprint density at radius 2 is 2.00 bits per heavy atom. The molecule has 34 heavy (non-hydrogen) atoms. The van der Waals surface area contributed by atoms with E-state index in [9.17, 15) is 4.79 Å². The number of oxazole rings is 1. The van der Waals surface area contributed by atoms with E-state index in [0.29, 0.717) is 22.6 Å². The normalized spacial score (nSPS) is 12.0. The van der Waals surface area contributed by atoms with E-state index in [0.717, 1.165) is 40.8 Å². The molecular formula is C26H35ClN3O2S2-. The Morgan fingerprint density at radius 1 is 1.29 bits per heavy atom. The summed E-state index contributed by atoms with van der Waals surface area (Å²) in [7, 11) is 0. The minimum atomic E-state index is -0.0939. The van der Waals surface area contributed by atoms with E-state index in [4.69, 9.17) is 16.0 Å². The Kier molecular flexibility index (Phi) is 11.6. The van der Waals surface area contributed by atoms with Gasteiger partial charge in [0.1, 0.15) is 5.76 Å². The van der Waals surface area contributed by atoms with Crippen LogP contribution in [0.25, 0.3) is 0 Å². The first kappa shape index (κ1) is 28.4. The van der Waals surface area contributed by atoms with E-state index < -0.39 is 0 Å². The van der Waals surface area contributed by atoms with Crippen LogP contribution in [-0.2, 0) is 22.4 Å². The van der Waals surface area contributed by atoms with Crippen LogP contribution in [0.15, 0.2) is 56.8 Å². The number of nitrogens with one attached hydrogen (secondary N) is 1. The number of benzene rings is 1. The molecule has 0 bridgehead atoms. The number of carbonyl (C=O) groups excluding carboxylic acids is 1. The molecule has 8 heteroatoms. The lowest BCUT2D eigenvalue weighted by atomic mass is 9.94. The third kappa shape index (κ3) is 9.43. The second kappa shape index (κ2) is 13.9. The molecule has 0 aliphatic rings. The summed E-state index contributed by atoms with van der Waals surface area (Å²) in [4.78, 5) is 19.1. The molecular weight excluding hydrogens is 486 g/mol. The van der Waals surface area contributed by atoms with Crippen molar-refractivity contribution in [1.82, 2.24) is 10.3 Å². The van der Waals surface area contributed by atoms with Gasteiger partial charge in [-0.3, -0.25) is 4.79 Å². The maximum absolute atomic E-state index is 12.5. The molecule has 186 valence electrons. The van der Waals surface area contributed by atoms with Crippen molar-refractivity contribution in [2.24, 2.45) is 0 Å². The summed E-state index contributed by atoms with van der Waals surface area (Å²) in [6.45, 7) is 17.8. The van der Waals surface area contributed by atoms with Crippen LogP contribution in [0.2, 0.25) is 0 Å². The molecule has 1 heterocycles. The third-order valence-electron chi connectivity index (χ3n) is 4.82. The van der Waals surface area contributed by atoms with Crippen LogP contribution >= 0.6 is 35.1 Å². The Bertz CT molecular complexity index is 959. The molecule has 1 aromatic carbocycles. The molecule has 0 saturated heterocycles. The number of nitrogens with zero attached hydrogens (tertiary/aromatic N) is 2. The topological polar surface area (TPSA) is 58.4 Å². The minimum Gasteiger partial charge on any atom is -0.444 e. The highest BCUT2D eigenvalue weighted by atomic mass is 35.5. The fraction of sp³-hybridized carbons (Fsp3) is 0.423. The van der Waals surface area contributed by atoms with E-state index in [1.54, 1.807) is 18.0 Å². The number of allylic oxidation sites excluding steroid dienone is 1. The monoisotopic (exact) mass is 520 g/mol. The van der Waals surface area contributed by atoms with Gasteiger partial charge in [0.25, 0.3) is 0 Å². The molecule has 0 fully saturated rings. The number of aromatic nitrogens is 1. The Labute approximate surface area is 217 Å². The maximum atomic E-state index is 12.5. The summed E-state index contributed by atoms with van der Waals surface area (Å²) < 4.78 is 6.88. The van der Waals surface area contributed by atoms with Gasteiger partial charge < -0.3 is 21.6 Å². The van der Waals surface area contributed by atoms with Gasteiger partial charge in [0.05, 0.1) is 23.4 Å². The van der Waals surface area contributed by atoms with Crippen molar-refractivity contribution in [2.45, 2.75) is 51.7 Å². The molecule has 2 aromatic rings. The van der Waals surface area contributed by atoms with Crippen LogP contribution in [0, 0.1) is 6.92 Å². The summed E-state index contributed by atoms with van der Waals surface area (Å²) >= 11 is 8.95. The molecule has 1 N–H and O–H groups in total. The zero-order valence-corrected chi connectivity index (χ0v) is 22.9. The standard InChI is InChI=1S/C26H35ClN3O2S2/c1-7-14-30(15-13-27)21-11-9-20(10-12-21)16-23(31)29-19(3)34-25(8-2)33-18-24-28-17-22(32-24)26(4,5)6/h8-12,17H,1,3,7,13-16,18H2,2,4-6H3,(H,29,31)/q-1/b25-8-. The highest BCUT2D eigenvalue weighted by Crippen LogP contribution is 2.35. The van der Waals surface area contributed by atoms with Gasteiger partial charge in [-0.1, -0.05) is 57.3 Å². The van der Waals surface area contributed by atoms with Crippen molar-refractivity contribution >= 4 is 46.7 Å². The average Bonchev–Trinajstić information content (AvgIpc) is 3.26. The first-order valence-corrected chi connectivity index (χ1v) is 13.6. The summed E-state index contributed by atoms with van der Waals surface area (Å²) in [6.07, 6.45) is 4.89. The molecule has 1 amide bonds. The second-order valence-corrected chi connectivity index (χ2v) is 11.5. The van der Waals surface area contributed by atoms with E-state index in [1.165, 1.54) is 11.8 Å². The third-order valence-corrected chi connectivity index (χ3v) is 7.29. The van der Waals surface area contributed by atoms with Crippen molar-refractivity contribution in [1.29, 1.82) is 0 Å². The van der Waals surface area contributed by atoms with Gasteiger partial charge in [0.15, 0.2) is 0 Å². The summed E-state index contributed by atoms with van der Waals surface area (Å²) in [5.41, 5.74) is 1.96. The minimum absolute atomic E-state index is 0.0659. The summed E-state index contributed by atoms with van der Waals surface area (Å²) in [5.74, 6) is 2.64. The lowest BCUT2D eigenvalue weighted by molar-refractivity contribution is -0.119. The Hall–Kier alpha value is -1.83. The van der Waals surface area contributed by atoms with Crippen LogP contribution < -0.4 is 10.2 Å². The molecule has 0 radical (unpaired) electrons. The van der Waals surface area contributed by atoms with Gasteiger partial charge in [0.2, 0.25) is 11.8 Å². The maximum Gasteiger partial charge on any atom is 0.229 e. The Balaban J connectivity index is 1.83. The average molecular weight is 521 g/mol. The molecule has 0 aliphatic heterocycles. The molecule has 0 saturated carbocycles. The van der Waals surface area contributed by atoms with E-state index in [-0.39, 0.29) is 17.7 Å². The molecule has 0 atom stereocenters. The lowest BCUT2D eigenvalue weighted by Crippen LogP contribution is -2.26. The van der Waals surface area contributed by atoms with Crippen LogP contribution in [0.4, 0.5) is 5.69 Å². The van der Waals surface area contributed by atoms with Gasteiger partial charge in [0, 0.05) is 27.8 Å². The summed E-state index contributed by atoms with van der Waals surface area (Å²) in [5, 5.41) is 3.48. The number of rotatable bonds is 13. The van der Waals surface area contributed by atoms with Gasteiger partial charge in [-0.2, -0.15) is 6.42 Å². The predicted octanol–water partition coefficient (Wildman–Crippen LogP) is 6.90. The van der Waals surface area contributed by atoms with Gasteiger partial charge in [-0.15, -0.1) is 23.4 Å². The predicted molar refractivity (Wildman–Crippen MR) is 148 cm³/mol. The first-order chi connectivity index (χ1) is 16.2. The van der Waals surface area contributed by atoms with Gasteiger partial charge in [-0.25, -0.2) is 4.98 Å². The number of carbonyl (C=O) groups is 1. The van der Waals surface area contributed by atoms with Crippen molar-refractivity contribution in [3.8, 4) is 0 Å². The quantitative estimate of drug-likeness (QED) is 0.229. The number of alkyl halides is 1. The van der Waals surface area contributed by atoms with Crippen molar-refractivity contribution in [3.05, 3.63) is 76.5 Å². The highest BCUT2D eigenvalue weighted by Gasteiger charge is 2.19. The van der Waals surface area contributed by atoms with Crippen molar-refractivity contribution in [2.75, 3.05) is 23.9 Å². The molecule has 5 nitrogen and oxygen atoms in total. The largest absolute Gasteiger partial charge is 0.444 e. The fourth-order valence-electron chi connectivity index (χ4n) is 3.05. The summed E-state index contributed by atoms with van der Waals surface area (Å²) in [6, 6.07) is 8.00. The van der Waals surface area contributed by atoms with Gasteiger partial charge >= 0.3 is 0 Å². The van der Waals surface area contributed by atoms with Crippen LogP contribution in [0.5, 0.6) is 0 Å². The number of hydrogen-bond acceptors (Lipinski definition) is 6. The first-order valence-electron chi connectivity index (χ1n) is 11.3. The second-order valence-electron chi connectivity index (χ2n) is 8.71. The Morgan fingerprint density at radius 3 is 2.56 bits per heavy atom. The SMILES string of the molecule is C=C(NC(=O)Cc1ccc(N(CC[CH2-])CCCl)cc1)S/C(=C\C)SCc1ncc(C(C)(C)C)o1. The fourth-order valence-corrected chi connectivity index (χ4v) is 5.06. The van der Waals surface area contributed by atoms with Crippen LogP contribution in [-0.4, -0.2) is 29.9 Å². The zero-order chi connectivity index (χ0) is 25.1. The van der Waals surface area contributed by atoms with Crippen LogP contribution in [0.1, 0.15) is 51.3 Å². The number of thioether (sulfide) groups is 2. The molecule has 0 spiro atoms. The molecule has 1 aromatic heterocycles. The number of anilines is 1. The smallest absolute Gasteiger partial charge is 0.229 e. The zero-order valence-electron chi connectivity index (χ0n) is 20.5. The van der Waals surface area contributed by atoms with Crippen molar-refractivity contribution in [3.63, 3.8) is 0 Å². The highest BCUT2D eigenvalue weighted by molar-refractivity contribution is 8.23. The molecule has 0 aliphatic carbocycles. The lowest BCUT2D eigenvalue weighted by Gasteiger charge is -2.24.